The maximum Gasteiger partial charge on any atom is 0.230 e. The Kier molecular flexibility index (Phi) is 4.94. The number of rotatable bonds is 3. The van der Waals surface area contributed by atoms with Crippen molar-refractivity contribution in [1.82, 2.24) is 4.98 Å². The number of aromatic nitrogens is 1. The molecule has 0 bridgehead atoms. The zero-order valence-corrected chi connectivity index (χ0v) is 14.0. The van der Waals surface area contributed by atoms with Crippen LogP contribution in [0.3, 0.4) is 0 Å². The second kappa shape index (κ2) is 7.31. The zero-order chi connectivity index (χ0) is 17.8. The van der Waals surface area contributed by atoms with Crippen LogP contribution in [-0.2, 0) is 4.79 Å². The molecule has 0 unspecified atom stereocenters. The van der Waals surface area contributed by atoms with Gasteiger partial charge in [-0.25, -0.2) is 9.37 Å². The number of nitriles is 1. The lowest BCUT2D eigenvalue weighted by Crippen LogP contribution is -2.41. The number of anilines is 2. The molecule has 25 heavy (non-hydrogen) atoms. The molecule has 0 saturated carbocycles. The Hall–Kier alpha value is -2.94. The third-order valence-electron chi connectivity index (χ3n) is 4.46. The standard InChI is InChI=1S/C19H19FN4O/c1-13-4-2-8-22-18(13)23-19(25)15-5-3-9-24(12-15)17-7-6-14(11-21)10-16(17)20/h2,4,6-8,10,15H,3,5,9,12H2,1H3,(H,22,23,25)/t15-/m0/s1. The molecule has 1 aliphatic heterocycles. The first kappa shape index (κ1) is 16.9. The van der Waals surface area contributed by atoms with Gasteiger partial charge in [-0.2, -0.15) is 5.26 Å². The third kappa shape index (κ3) is 3.77. The minimum absolute atomic E-state index is 0.0967. The zero-order valence-electron chi connectivity index (χ0n) is 14.0. The quantitative estimate of drug-likeness (QED) is 0.933. The fraction of sp³-hybridized carbons (Fsp3) is 0.316. The van der Waals surface area contributed by atoms with Crippen molar-refractivity contribution in [2.75, 3.05) is 23.3 Å². The fourth-order valence-electron chi connectivity index (χ4n) is 3.08. The topological polar surface area (TPSA) is 69.0 Å². The van der Waals surface area contributed by atoms with Crippen molar-refractivity contribution in [2.24, 2.45) is 5.92 Å². The lowest BCUT2D eigenvalue weighted by molar-refractivity contribution is -0.120. The number of amides is 1. The average Bonchev–Trinajstić information content (AvgIpc) is 2.63. The van der Waals surface area contributed by atoms with Crippen LogP contribution in [-0.4, -0.2) is 24.0 Å². The van der Waals surface area contributed by atoms with Gasteiger partial charge < -0.3 is 10.2 Å². The summed E-state index contributed by atoms with van der Waals surface area (Å²) in [7, 11) is 0. The Bertz CT molecular complexity index is 830. The minimum Gasteiger partial charge on any atom is -0.368 e. The van der Waals surface area contributed by atoms with Gasteiger partial charge >= 0.3 is 0 Å². The first-order valence-corrected chi connectivity index (χ1v) is 8.25. The van der Waals surface area contributed by atoms with Crippen LogP contribution in [0.25, 0.3) is 0 Å². The highest BCUT2D eigenvalue weighted by Gasteiger charge is 2.27. The van der Waals surface area contributed by atoms with Crippen LogP contribution in [0.15, 0.2) is 36.5 Å². The Balaban J connectivity index is 1.72. The van der Waals surface area contributed by atoms with Crippen molar-refractivity contribution in [3.05, 3.63) is 53.5 Å². The largest absolute Gasteiger partial charge is 0.368 e. The number of hydrogen-bond acceptors (Lipinski definition) is 4. The summed E-state index contributed by atoms with van der Waals surface area (Å²) in [5.74, 6) is -0.194. The van der Waals surface area contributed by atoms with E-state index in [1.54, 1.807) is 18.3 Å². The number of carbonyl (C=O) groups excluding carboxylic acids is 1. The van der Waals surface area contributed by atoms with Crippen molar-refractivity contribution in [2.45, 2.75) is 19.8 Å². The lowest BCUT2D eigenvalue weighted by Gasteiger charge is -2.34. The molecule has 2 heterocycles. The van der Waals surface area contributed by atoms with E-state index in [4.69, 9.17) is 5.26 Å². The minimum atomic E-state index is -0.430. The molecular formula is C19H19FN4O. The highest BCUT2D eigenvalue weighted by molar-refractivity contribution is 5.92. The lowest BCUT2D eigenvalue weighted by atomic mass is 9.96. The van der Waals surface area contributed by atoms with Gasteiger partial charge in [-0.05, 0) is 49.6 Å². The van der Waals surface area contributed by atoms with Crippen molar-refractivity contribution in [1.29, 1.82) is 5.26 Å². The van der Waals surface area contributed by atoms with Gasteiger partial charge in [0.2, 0.25) is 5.91 Å². The van der Waals surface area contributed by atoms with Crippen molar-refractivity contribution < 1.29 is 9.18 Å². The molecule has 1 aromatic heterocycles. The van der Waals surface area contributed by atoms with Crippen LogP contribution in [0.4, 0.5) is 15.9 Å². The Labute approximate surface area is 146 Å². The Morgan fingerprint density at radius 1 is 1.44 bits per heavy atom. The summed E-state index contributed by atoms with van der Waals surface area (Å²) in [5.41, 5.74) is 1.63. The van der Waals surface area contributed by atoms with E-state index in [9.17, 15) is 9.18 Å². The number of hydrogen-bond donors (Lipinski definition) is 1. The smallest absolute Gasteiger partial charge is 0.230 e. The summed E-state index contributed by atoms with van der Waals surface area (Å²) < 4.78 is 14.2. The van der Waals surface area contributed by atoms with Gasteiger partial charge in [0.05, 0.1) is 23.2 Å². The van der Waals surface area contributed by atoms with E-state index in [1.807, 2.05) is 30.0 Å². The van der Waals surface area contributed by atoms with E-state index in [-0.39, 0.29) is 17.4 Å². The van der Waals surface area contributed by atoms with Crippen LogP contribution in [0.2, 0.25) is 0 Å². The predicted molar refractivity (Wildman–Crippen MR) is 93.7 cm³/mol. The Morgan fingerprint density at radius 2 is 2.28 bits per heavy atom. The molecule has 5 nitrogen and oxygen atoms in total. The number of aryl methyl sites for hydroxylation is 1. The van der Waals surface area contributed by atoms with E-state index in [0.29, 0.717) is 24.6 Å². The van der Waals surface area contributed by atoms with E-state index in [2.05, 4.69) is 10.3 Å². The third-order valence-corrected chi connectivity index (χ3v) is 4.46. The number of halogens is 1. The number of nitrogens with one attached hydrogen (secondary N) is 1. The molecule has 0 aliphatic carbocycles. The molecule has 0 spiro atoms. The first-order chi connectivity index (χ1) is 12.1. The molecule has 128 valence electrons. The van der Waals surface area contributed by atoms with Gasteiger partial charge in [-0.15, -0.1) is 0 Å². The van der Waals surface area contributed by atoms with Gasteiger partial charge in [0.25, 0.3) is 0 Å². The van der Waals surface area contributed by atoms with Gasteiger partial charge in [0.1, 0.15) is 11.6 Å². The second-order valence-electron chi connectivity index (χ2n) is 6.22. The van der Waals surface area contributed by atoms with Gasteiger partial charge in [0.15, 0.2) is 0 Å². The molecule has 1 aromatic carbocycles. The summed E-state index contributed by atoms with van der Waals surface area (Å²) in [6.45, 7) is 3.03. The fourth-order valence-corrected chi connectivity index (χ4v) is 3.08. The van der Waals surface area contributed by atoms with Crippen molar-refractivity contribution >= 4 is 17.4 Å². The summed E-state index contributed by atoms with van der Waals surface area (Å²) in [5, 5.41) is 11.7. The molecule has 0 radical (unpaired) electrons. The summed E-state index contributed by atoms with van der Waals surface area (Å²) >= 11 is 0. The number of piperidine rings is 1. The molecule has 2 aromatic rings. The van der Waals surface area contributed by atoms with Crippen molar-refractivity contribution in [3.8, 4) is 6.07 Å². The molecule has 1 aliphatic rings. The van der Waals surface area contributed by atoms with Crippen LogP contribution < -0.4 is 10.2 Å². The van der Waals surface area contributed by atoms with Crippen LogP contribution >= 0.6 is 0 Å². The molecular weight excluding hydrogens is 319 g/mol. The van der Waals surface area contributed by atoms with E-state index in [1.165, 1.54) is 6.07 Å². The summed E-state index contributed by atoms with van der Waals surface area (Å²) in [4.78, 5) is 18.6. The van der Waals surface area contributed by atoms with Gasteiger partial charge in [0, 0.05) is 19.3 Å². The molecule has 6 heteroatoms. The second-order valence-corrected chi connectivity index (χ2v) is 6.22. The SMILES string of the molecule is Cc1cccnc1NC(=O)[C@H]1CCCN(c2ccc(C#N)cc2F)C1. The van der Waals surface area contributed by atoms with E-state index in [0.717, 1.165) is 18.4 Å². The highest BCUT2D eigenvalue weighted by Crippen LogP contribution is 2.27. The maximum absolute atomic E-state index is 14.2. The monoisotopic (exact) mass is 338 g/mol. The number of nitrogens with zero attached hydrogens (tertiary/aromatic N) is 3. The molecule has 1 saturated heterocycles. The molecule has 1 fully saturated rings. The van der Waals surface area contributed by atoms with E-state index >= 15 is 0 Å². The summed E-state index contributed by atoms with van der Waals surface area (Å²) in [6, 6.07) is 10.1. The average molecular weight is 338 g/mol. The van der Waals surface area contributed by atoms with Gasteiger partial charge in [-0.1, -0.05) is 6.07 Å². The van der Waals surface area contributed by atoms with Crippen molar-refractivity contribution in [3.63, 3.8) is 0 Å². The first-order valence-electron chi connectivity index (χ1n) is 8.25. The van der Waals surface area contributed by atoms with Gasteiger partial charge in [-0.3, -0.25) is 4.79 Å². The van der Waals surface area contributed by atoms with E-state index < -0.39 is 5.82 Å². The molecule has 1 amide bonds. The number of benzene rings is 1. The normalized spacial score (nSPS) is 17.0. The predicted octanol–water partition coefficient (Wildman–Crippen LogP) is 3.26. The molecule has 1 N–H and O–H groups in total. The molecule has 1 atom stereocenters. The van der Waals surface area contributed by atoms with Crippen LogP contribution in [0.5, 0.6) is 0 Å². The van der Waals surface area contributed by atoms with Crippen LogP contribution in [0, 0.1) is 30.0 Å². The Morgan fingerprint density at radius 3 is 3.00 bits per heavy atom. The summed E-state index contributed by atoms with van der Waals surface area (Å²) in [6.07, 6.45) is 3.20. The number of carbonyl (C=O) groups is 1. The molecule has 3 rings (SSSR count). The maximum atomic E-state index is 14.2. The van der Waals surface area contributed by atoms with Crippen LogP contribution in [0.1, 0.15) is 24.0 Å². The highest BCUT2D eigenvalue weighted by atomic mass is 19.1. The number of pyridine rings is 1.